The van der Waals surface area contributed by atoms with Crippen LogP contribution in [0.25, 0.3) is 0 Å². The Labute approximate surface area is 161 Å². The fourth-order valence-corrected chi connectivity index (χ4v) is 4.16. The molecule has 0 spiro atoms. The number of rotatable bonds is 6. The summed E-state index contributed by atoms with van der Waals surface area (Å²) in [5, 5.41) is 14.4. The number of hydrogen-bond acceptors (Lipinski definition) is 5. The second-order valence-corrected chi connectivity index (χ2v) is 8.41. The zero-order valence-electron chi connectivity index (χ0n) is 16.1. The van der Waals surface area contributed by atoms with Crippen molar-refractivity contribution in [3.63, 3.8) is 0 Å². The summed E-state index contributed by atoms with van der Waals surface area (Å²) >= 11 is 0. The first-order valence-corrected chi connectivity index (χ1v) is 10.6. The Hall–Kier alpha value is -1.66. The van der Waals surface area contributed by atoms with E-state index in [1.54, 1.807) is 0 Å². The molecule has 27 heavy (non-hydrogen) atoms. The van der Waals surface area contributed by atoms with Crippen molar-refractivity contribution in [1.29, 1.82) is 0 Å². The third kappa shape index (κ3) is 5.42. The molecule has 3 N–H and O–H groups in total. The van der Waals surface area contributed by atoms with Crippen molar-refractivity contribution >= 4 is 5.91 Å². The highest BCUT2D eigenvalue weighted by molar-refractivity contribution is 5.92. The van der Waals surface area contributed by atoms with Gasteiger partial charge in [0.05, 0.1) is 0 Å². The molecule has 1 amide bonds. The molecule has 1 saturated heterocycles. The average molecular weight is 373 g/mol. The van der Waals surface area contributed by atoms with Crippen molar-refractivity contribution in [3.8, 4) is 0 Å². The topological polar surface area (TPSA) is 79.2 Å². The largest absolute Gasteiger partial charge is 0.360 e. The molecule has 1 saturated carbocycles. The number of nitrogens with zero attached hydrogens (tertiary/aromatic N) is 1. The molecular weight excluding hydrogens is 340 g/mol. The van der Waals surface area contributed by atoms with Gasteiger partial charge in [0.25, 0.3) is 5.91 Å². The van der Waals surface area contributed by atoms with E-state index in [-0.39, 0.29) is 11.9 Å². The van der Waals surface area contributed by atoms with E-state index in [0.29, 0.717) is 23.6 Å². The van der Waals surface area contributed by atoms with E-state index in [4.69, 9.17) is 4.52 Å². The van der Waals surface area contributed by atoms with Crippen LogP contribution >= 0.6 is 0 Å². The predicted octanol–water partition coefficient (Wildman–Crippen LogP) is 2.74. The van der Waals surface area contributed by atoms with E-state index >= 15 is 0 Å². The van der Waals surface area contributed by atoms with Crippen molar-refractivity contribution in [2.75, 3.05) is 19.6 Å². The Morgan fingerprint density at radius 1 is 1.19 bits per heavy atom. The van der Waals surface area contributed by atoms with Crippen LogP contribution in [0, 0.1) is 5.92 Å². The van der Waals surface area contributed by atoms with Crippen molar-refractivity contribution in [1.82, 2.24) is 21.1 Å². The van der Waals surface area contributed by atoms with Crippen molar-refractivity contribution in [2.45, 2.75) is 69.4 Å². The number of amides is 1. The molecule has 2 heterocycles. The van der Waals surface area contributed by atoms with Crippen LogP contribution in [0.4, 0.5) is 0 Å². The minimum absolute atomic E-state index is 0.113. The monoisotopic (exact) mass is 372 g/mol. The summed E-state index contributed by atoms with van der Waals surface area (Å²) in [6.45, 7) is 3.33. The molecule has 3 atom stereocenters. The van der Waals surface area contributed by atoms with E-state index in [9.17, 15) is 4.79 Å². The first kappa shape index (κ1) is 18.7. The van der Waals surface area contributed by atoms with Gasteiger partial charge in [-0.2, -0.15) is 0 Å². The number of carbonyl (C=O) groups is 1. The first-order valence-electron chi connectivity index (χ1n) is 10.6. The molecule has 3 aliphatic rings. The molecule has 0 aromatic carbocycles. The SMILES string of the molecule is O=C(N[C@H]1CC=CC[C@H](NC[C@@H]2CCCCNC2)C1)c1cc(C2CC2)on1. The molecule has 1 aromatic heterocycles. The third-order valence-electron chi connectivity index (χ3n) is 6.00. The fourth-order valence-electron chi connectivity index (χ4n) is 4.16. The highest BCUT2D eigenvalue weighted by atomic mass is 16.5. The average Bonchev–Trinajstić information content (AvgIpc) is 3.48. The van der Waals surface area contributed by atoms with Gasteiger partial charge in [-0.3, -0.25) is 4.79 Å². The second kappa shape index (κ2) is 9.02. The Balaban J connectivity index is 1.27. The standard InChI is InChI=1S/C21H32N4O2/c26-21(19-12-20(27-25-19)16-8-9-16)24-18-7-2-1-6-17(11-18)23-14-15-5-3-4-10-22-13-15/h1-2,12,15-18,22-23H,3-11,13-14H2,(H,24,26)/t15-,17+,18+/m1/s1. The van der Waals surface area contributed by atoms with Gasteiger partial charge < -0.3 is 20.5 Å². The number of aromatic nitrogens is 1. The van der Waals surface area contributed by atoms with Crippen molar-refractivity contribution in [2.24, 2.45) is 5.92 Å². The number of carbonyl (C=O) groups excluding carboxylic acids is 1. The summed E-state index contributed by atoms with van der Waals surface area (Å²) in [6.07, 6.45) is 13.5. The molecule has 6 nitrogen and oxygen atoms in total. The van der Waals surface area contributed by atoms with Gasteiger partial charge in [0, 0.05) is 24.1 Å². The van der Waals surface area contributed by atoms with Crippen LogP contribution in [-0.4, -0.2) is 42.8 Å². The maximum atomic E-state index is 12.5. The van der Waals surface area contributed by atoms with E-state index in [1.807, 2.05) is 6.07 Å². The molecule has 0 unspecified atom stereocenters. The number of hydrogen-bond donors (Lipinski definition) is 3. The second-order valence-electron chi connectivity index (χ2n) is 8.41. The molecule has 4 rings (SSSR count). The van der Waals surface area contributed by atoms with Crippen molar-refractivity contribution in [3.05, 3.63) is 29.7 Å². The summed E-state index contributed by atoms with van der Waals surface area (Å²) in [5.74, 6) is 1.94. The first-order chi connectivity index (χ1) is 13.3. The molecule has 1 aromatic rings. The van der Waals surface area contributed by atoms with E-state index in [0.717, 1.165) is 57.5 Å². The van der Waals surface area contributed by atoms with Gasteiger partial charge in [-0.1, -0.05) is 23.7 Å². The van der Waals surface area contributed by atoms with Crippen LogP contribution < -0.4 is 16.0 Å². The molecular formula is C21H32N4O2. The maximum absolute atomic E-state index is 12.5. The fraction of sp³-hybridized carbons (Fsp3) is 0.714. The highest BCUT2D eigenvalue weighted by Gasteiger charge is 2.29. The lowest BCUT2D eigenvalue weighted by atomic mass is 10.0. The summed E-state index contributed by atoms with van der Waals surface area (Å²) in [6, 6.07) is 2.37. The molecule has 2 fully saturated rings. The van der Waals surface area contributed by atoms with Gasteiger partial charge in [0.2, 0.25) is 0 Å². The molecule has 2 aliphatic carbocycles. The lowest BCUT2D eigenvalue weighted by Crippen LogP contribution is -2.42. The Kier molecular flexibility index (Phi) is 6.24. The Bertz CT molecular complexity index is 644. The zero-order valence-corrected chi connectivity index (χ0v) is 16.1. The highest BCUT2D eigenvalue weighted by Crippen LogP contribution is 2.40. The van der Waals surface area contributed by atoms with E-state index in [1.165, 1.54) is 19.3 Å². The van der Waals surface area contributed by atoms with Gasteiger partial charge in [-0.05, 0) is 70.5 Å². The van der Waals surface area contributed by atoms with Gasteiger partial charge in [-0.15, -0.1) is 0 Å². The zero-order chi connectivity index (χ0) is 18.5. The number of nitrogens with one attached hydrogen (secondary N) is 3. The minimum Gasteiger partial charge on any atom is -0.360 e. The lowest BCUT2D eigenvalue weighted by Gasteiger charge is -2.24. The quantitative estimate of drug-likeness (QED) is 0.669. The summed E-state index contributed by atoms with van der Waals surface area (Å²) in [4.78, 5) is 12.5. The Morgan fingerprint density at radius 3 is 2.89 bits per heavy atom. The summed E-state index contributed by atoms with van der Waals surface area (Å²) in [5.41, 5.74) is 0.416. The third-order valence-corrected chi connectivity index (χ3v) is 6.00. The summed E-state index contributed by atoms with van der Waals surface area (Å²) in [7, 11) is 0. The smallest absolute Gasteiger partial charge is 0.273 e. The van der Waals surface area contributed by atoms with Gasteiger partial charge in [0.1, 0.15) is 5.76 Å². The molecule has 6 heteroatoms. The van der Waals surface area contributed by atoms with Crippen LogP contribution in [-0.2, 0) is 0 Å². The maximum Gasteiger partial charge on any atom is 0.273 e. The molecule has 148 valence electrons. The van der Waals surface area contributed by atoms with Crippen LogP contribution in [0.5, 0.6) is 0 Å². The van der Waals surface area contributed by atoms with Crippen LogP contribution in [0.15, 0.2) is 22.7 Å². The van der Waals surface area contributed by atoms with Gasteiger partial charge in [-0.25, -0.2) is 0 Å². The molecule has 1 aliphatic heterocycles. The van der Waals surface area contributed by atoms with Crippen LogP contribution in [0.1, 0.15) is 73.5 Å². The predicted molar refractivity (Wildman–Crippen MR) is 105 cm³/mol. The van der Waals surface area contributed by atoms with Gasteiger partial charge in [0.15, 0.2) is 5.69 Å². The lowest BCUT2D eigenvalue weighted by molar-refractivity contribution is 0.0924. The van der Waals surface area contributed by atoms with Crippen LogP contribution in [0.3, 0.4) is 0 Å². The normalized spacial score (nSPS) is 29.1. The minimum atomic E-state index is -0.113. The van der Waals surface area contributed by atoms with Gasteiger partial charge >= 0.3 is 0 Å². The molecule has 0 bridgehead atoms. The van der Waals surface area contributed by atoms with Crippen LogP contribution in [0.2, 0.25) is 0 Å². The van der Waals surface area contributed by atoms with E-state index in [2.05, 4.69) is 33.3 Å². The Morgan fingerprint density at radius 2 is 2.04 bits per heavy atom. The van der Waals surface area contributed by atoms with E-state index < -0.39 is 0 Å². The van der Waals surface area contributed by atoms with Crippen molar-refractivity contribution < 1.29 is 9.32 Å². The molecule has 0 radical (unpaired) electrons. The summed E-state index contributed by atoms with van der Waals surface area (Å²) < 4.78 is 5.32.